The average molecular weight is 1640 g/mol. The lowest BCUT2D eigenvalue weighted by Gasteiger charge is -2.36. The van der Waals surface area contributed by atoms with Gasteiger partial charge in [-0.05, 0) is 284 Å². The van der Waals surface area contributed by atoms with Gasteiger partial charge in [-0.2, -0.15) is 0 Å². The molecule has 0 heteroatoms. The van der Waals surface area contributed by atoms with E-state index in [1.165, 1.54) is 287 Å². The second-order valence-electron chi connectivity index (χ2n) is 39.6. The summed E-state index contributed by atoms with van der Waals surface area (Å²) in [7, 11) is 0. The van der Waals surface area contributed by atoms with Gasteiger partial charge in [-0.25, -0.2) is 0 Å². The van der Waals surface area contributed by atoms with Gasteiger partial charge in [0.1, 0.15) is 0 Å². The number of rotatable bonds is 0. The summed E-state index contributed by atoms with van der Waals surface area (Å²) in [5.41, 5.74) is 56.8. The van der Waals surface area contributed by atoms with Gasteiger partial charge in [-0.1, -0.05) is 443 Å². The third kappa shape index (κ3) is 12.2. The first-order valence-corrected chi connectivity index (χ1v) is 47.9. The van der Waals surface area contributed by atoms with Gasteiger partial charge in [-0.15, -0.1) is 0 Å². The highest BCUT2D eigenvalue weighted by Gasteiger charge is 2.54. The maximum atomic E-state index is 2.46. The van der Waals surface area contributed by atoms with Crippen molar-refractivity contribution in [1.82, 2.24) is 0 Å². The molecule has 3 fully saturated rings. The lowest BCUT2D eigenvalue weighted by Crippen LogP contribution is -2.28. The van der Waals surface area contributed by atoms with E-state index < -0.39 is 0 Å². The van der Waals surface area contributed by atoms with Gasteiger partial charge in [0.05, 0.1) is 5.41 Å². The average Bonchev–Trinajstić information content (AvgIpc) is 1.52. The van der Waals surface area contributed by atoms with Crippen LogP contribution in [0.2, 0.25) is 0 Å². The van der Waals surface area contributed by atoms with Gasteiger partial charge in [0.2, 0.25) is 0 Å². The number of hydrogen-bond donors (Lipinski definition) is 0. The fourth-order valence-corrected chi connectivity index (χ4v) is 27.2. The molecular weight excluding hydrogens is 1530 g/mol. The van der Waals surface area contributed by atoms with Crippen molar-refractivity contribution in [3.8, 4) is 77.9 Å². The molecule has 0 nitrogen and oxygen atoms in total. The molecule has 0 bridgehead atoms. The molecule has 12 aliphatic rings. The Morgan fingerprint density at radius 1 is 0.157 bits per heavy atom. The molecule has 6 spiro atoms. The van der Waals surface area contributed by atoms with Gasteiger partial charge in [0.15, 0.2) is 0 Å². The minimum Gasteiger partial charge on any atom is -0.0620 e. The molecule has 0 amide bonds. The quantitative estimate of drug-likeness (QED) is 0.142. The summed E-state index contributed by atoms with van der Waals surface area (Å²) in [5.74, 6) is 0. The fourth-order valence-electron chi connectivity index (χ4n) is 27.2. The maximum Gasteiger partial charge on any atom is 0.0725 e. The molecule has 12 aliphatic carbocycles. The van der Waals surface area contributed by atoms with Crippen LogP contribution >= 0.6 is 0 Å². The predicted octanol–water partition coefficient (Wildman–Crippen LogP) is 32.3. The van der Waals surface area contributed by atoms with Crippen molar-refractivity contribution in [2.24, 2.45) is 0 Å². The van der Waals surface area contributed by atoms with E-state index in [9.17, 15) is 0 Å². The first-order valence-electron chi connectivity index (χ1n) is 47.9. The van der Waals surface area contributed by atoms with E-state index in [2.05, 4.69) is 393 Å². The molecule has 127 heavy (non-hydrogen) atoms. The van der Waals surface area contributed by atoms with Crippen molar-refractivity contribution < 1.29 is 0 Å². The highest BCUT2D eigenvalue weighted by molar-refractivity contribution is 5.96. The van der Waals surface area contributed by atoms with Gasteiger partial charge < -0.3 is 0 Å². The highest BCUT2D eigenvalue weighted by Crippen LogP contribution is 2.66. The molecule has 622 valence electrons. The molecule has 0 radical (unpaired) electrons. The molecule has 1 atom stereocenters. The Morgan fingerprint density at radius 3 is 0.732 bits per heavy atom. The maximum absolute atomic E-state index is 2.46. The summed E-state index contributed by atoms with van der Waals surface area (Å²) in [6.45, 7) is 13.3. The van der Waals surface area contributed by atoms with E-state index in [-0.39, 0.29) is 16.2 Å². The first kappa shape index (κ1) is 79.2. The van der Waals surface area contributed by atoms with Crippen LogP contribution < -0.4 is 0 Å². The standard InChI is InChI=1S/C26H18.2C22H18.C20H22.C19H20.C18H18/c1-17-14-15-21-20-10-4-7-13-24(20)26(25(21)16-17)22-11-5-2-8-18(22)19-9-3-6-12-23(19)26;1-15-10-11-18-17-7-3-5-9-20(17)22(21(18)14-15)13-12-16-6-2-4-8-19(16)22;1-15-10-11-19-18-8-4-5-9-20(18)22(21(19)12-15)13-16-6-2-3-7-17(16)14-22;1-15-10-11-17-16-8-4-5-9-18(16)20(19(17)14-15)12-6-2-3-7-13-20;1-14-9-10-16-15-7-3-4-8-17(15)19(18(16)13-14)11-5-2-6-12-19;1-13-8-9-15-14-6-2-3-7-16(14)18(17(15)12-13)10-4-5-11-18/h2-16H,1H3;2-11,14H,12-13H2,1H3;2-12H,13-14H2,1H3;4-5,8-11,14H,2-3,6-7,12-13H2,1H3;3-4,7-10,13H,2,5-6,11-12H2,1H3;2-3,6-9,12H,4-5,10-11H2,1H3. The normalized spacial score (nSPS) is 18.1. The van der Waals surface area contributed by atoms with Crippen LogP contribution in [-0.4, -0.2) is 0 Å². The first-order chi connectivity index (χ1) is 62.3. The Balaban J connectivity index is 0.0000000878. The minimum absolute atomic E-state index is 0.0779. The Bertz CT molecular complexity index is 6950. The minimum atomic E-state index is -0.189. The SMILES string of the molecule is Cc1ccc2c(c1)C1(CCCC1)c1ccccc1-2.Cc1ccc2c(c1)C1(CCCCC1)c1ccccc1-2.Cc1ccc2c(c1)C1(CCCCCC1)c1ccccc1-2.Cc1ccc2c(c1)C1(CCc3ccccc31)c1ccccc1-2.Cc1ccc2c(c1)C1(Cc3ccccc3C1)c1ccccc1-2.Cc1ccc2c(c1)C1(c3ccccc3-c3ccccc31)c1ccccc1-2. The monoisotopic (exact) mass is 1640 g/mol. The fraction of sp³-hybridized carbons (Fsp3) is 0.244. The van der Waals surface area contributed by atoms with E-state index in [4.69, 9.17) is 0 Å². The van der Waals surface area contributed by atoms with Crippen molar-refractivity contribution in [3.63, 3.8) is 0 Å². The van der Waals surface area contributed by atoms with Crippen LogP contribution in [0.3, 0.4) is 0 Å². The van der Waals surface area contributed by atoms with Gasteiger partial charge in [-0.3, -0.25) is 0 Å². The van der Waals surface area contributed by atoms with Crippen LogP contribution in [0.5, 0.6) is 0 Å². The number of benzene rings is 16. The molecule has 28 rings (SSSR count). The zero-order chi connectivity index (χ0) is 85.4. The third-order valence-corrected chi connectivity index (χ3v) is 32.6. The van der Waals surface area contributed by atoms with Crippen LogP contribution in [-0.2, 0) is 51.8 Å². The molecule has 16 aromatic carbocycles. The summed E-state index contributed by atoms with van der Waals surface area (Å²) in [5, 5.41) is 0. The summed E-state index contributed by atoms with van der Waals surface area (Å²) in [4.78, 5) is 0. The zero-order valence-corrected chi connectivity index (χ0v) is 74.9. The van der Waals surface area contributed by atoms with Crippen LogP contribution in [0.1, 0.15) is 236 Å². The van der Waals surface area contributed by atoms with Crippen LogP contribution in [0.15, 0.2) is 352 Å². The molecular formula is C127H114. The Morgan fingerprint density at radius 2 is 0.378 bits per heavy atom. The van der Waals surface area contributed by atoms with Crippen LogP contribution in [0, 0.1) is 41.5 Å². The summed E-state index contributed by atoms with van der Waals surface area (Å²) >= 11 is 0. The molecule has 16 aromatic rings. The van der Waals surface area contributed by atoms with Gasteiger partial charge in [0.25, 0.3) is 0 Å². The summed E-state index contributed by atoms with van der Waals surface area (Å²) in [6, 6.07) is 132. The third-order valence-electron chi connectivity index (χ3n) is 32.6. The second-order valence-corrected chi connectivity index (χ2v) is 39.6. The van der Waals surface area contributed by atoms with Crippen molar-refractivity contribution in [1.29, 1.82) is 0 Å². The Kier molecular flexibility index (Phi) is 19.5. The molecule has 0 N–H and O–H groups in total. The summed E-state index contributed by atoms with van der Waals surface area (Å²) < 4.78 is 0. The molecule has 0 heterocycles. The Labute approximate surface area is 754 Å². The van der Waals surface area contributed by atoms with E-state index >= 15 is 0 Å². The lowest BCUT2D eigenvalue weighted by atomic mass is 9.68. The molecule has 0 aliphatic heterocycles. The number of aryl methyl sites for hydroxylation is 7. The van der Waals surface area contributed by atoms with Gasteiger partial charge >= 0.3 is 0 Å². The van der Waals surface area contributed by atoms with Crippen LogP contribution in [0.25, 0.3) is 77.9 Å². The second kappa shape index (κ2) is 31.2. The van der Waals surface area contributed by atoms with Crippen LogP contribution in [0.4, 0.5) is 0 Å². The highest BCUT2D eigenvalue weighted by atomic mass is 14.6. The zero-order valence-electron chi connectivity index (χ0n) is 74.9. The Hall–Kier alpha value is -12.5. The summed E-state index contributed by atoms with van der Waals surface area (Å²) in [6.07, 6.45) is 25.1. The topological polar surface area (TPSA) is 0 Å². The largest absolute Gasteiger partial charge is 0.0725 e. The van der Waals surface area contributed by atoms with E-state index in [0.29, 0.717) is 16.2 Å². The van der Waals surface area contributed by atoms with Crippen molar-refractivity contribution in [3.05, 3.63) is 485 Å². The van der Waals surface area contributed by atoms with Crippen molar-refractivity contribution in [2.75, 3.05) is 0 Å². The molecule has 0 aromatic heterocycles. The van der Waals surface area contributed by atoms with Crippen molar-refractivity contribution >= 4 is 0 Å². The van der Waals surface area contributed by atoms with E-state index in [1.807, 2.05) is 0 Å². The lowest BCUT2D eigenvalue weighted by molar-refractivity contribution is 0.352. The molecule has 0 saturated heterocycles. The molecule has 1 unspecified atom stereocenters. The van der Waals surface area contributed by atoms with E-state index in [0.717, 1.165) is 12.8 Å². The van der Waals surface area contributed by atoms with E-state index in [1.54, 1.807) is 33.4 Å². The van der Waals surface area contributed by atoms with Crippen molar-refractivity contribution in [2.45, 2.75) is 196 Å². The predicted molar refractivity (Wildman–Crippen MR) is 531 cm³/mol. The number of fused-ring (bicyclic) bond motifs is 38. The van der Waals surface area contributed by atoms with Gasteiger partial charge in [0, 0.05) is 27.1 Å². The molecule has 3 saturated carbocycles. The number of hydrogen-bond acceptors (Lipinski definition) is 0. The smallest absolute Gasteiger partial charge is 0.0620 e.